The maximum atomic E-state index is 12.4. The van der Waals surface area contributed by atoms with E-state index in [9.17, 15) is 13.2 Å². The number of rotatable bonds is 3. The van der Waals surface area contributed by atoms with Crippen molar-refractivity contribution in [3.63, 3.8) is 0 Å². The second-order valence-corrected chi connectivity index (χ2v) is 7.51. The van der Waals surface area contributed by atoms with Crippen molar-refractivity contribution in [3.8, 4) is 0 Å². The molecular weight excluding hydrogens is 346 g/mol. The van der Waals surface area contributed by atoms with E-state index in [1.165, 1.54) is 11.4 Å². The van der Waals surface area contributed by atoms with Gasteiger partial charge in [0.1, 0.15) is 0 Å². The highest BCUT2D eigenvalue weighted by Crippen LogP contribution is 2.25. The van der Waals surface area contributed by atoms with E-state index < -0.39 is 10.0 Å². The highest BCUT2D eigenvalue weighted by molar-refractivity contribution is 9.10. The number of esters is 1. The van der Waals surface area contributed by atoms with Crippen LogP contribution in [0.15, 0.2) is 33.6 Å². The highest BCUT2D eigenvalue weighted by atomic mass is 79.9. The maximum absolute atomic E-state index is 12.4. The van der Waals surface area contributed by atoms with Gasteiger partial charge in [0.25, 0.3) is 0 Å². The average Bonchev–Trinajstić information content (AvgIpc) is 2.47. The van der Waals surface area contributed by atoms with Crippen molar-refractivity contribution in [2.75, 3.05) is 20.2 Å². The number of methoxy groups -OCH3 is 1. The van der Waals surface area contributed by atoms with Gasteiger partial charge in [-0.1, -0.05) is 15.9 Å². The van der Waals surface area contributed by atoms with Crippen LogP contribution in [0.4, 0.5) is 0 Å². The van der Waals surface area contributed by atoms with Crippen LogP contribution in [0.25, 0.3) is 0 Å². The molecule has 0 amide bonds. The minimum absolute atomic E-state index is 0.198. The van der Waals surface area contributed by atoms with Crippen LogP contribution in [0.5, 0.6) is 0 Å². The van der Waals surface area contributed by atoms with Gasteiger partial charge in [0, 0.05) is 17.6 Å². The number of benzene rings is 1. The SMILES string of the molecule is COC(=O)C1CCN(S(=O)(=O)c2ccc(Br)cc2)CC1. The van der Waals surface area contributed by atoms with E-state index in [0.717, 1.165) is 4.47 Å². The van der Waals surface area contributed by atoms with Gasteiger partial charge in [-0.25, -0.2) is 8.42 Å². The molecule has 1 aliphatic rings. The predicted molar refractivity (Wildman–Crippen MR) is 77.6 cm³/mol. The first-order chi connectivity index (χ1) is 9.45. The van der Waals surface area contributed by atoms with Crippen molar-refractivity contribution in [2.24, 2.45) is 5.92 Å². The summed E-state index contributed by atoms with van der Waals surface area (Å²) in [6, 6.07) is 6.56. The van der Waals surface area contributed by atoms with Gasteiger partial charge in [0.2, 0.25) is 10.0 Å². The van der Waals surface area contributed by atoms with Gasteiger partial charge in [0.15, 0.2) is 0 Å². The van der Waals surface area contributed by atoms with Gasteiger partial charge >= 0.3 is 5.97 Å². The number of hydrogen-bond donors (Lipinski definition) is 0. The Hall–Kier alpha value is -0.920. The third-order valence-corrected chi connectivity index (χ3v) is 5.88. The molecule has 1 aromatic carbocycles. The zero-order valence-corrected chi connectivity index (χ0v) is 13.5. The molecule has 0 N–H and O–H groups in total. The molecule has 0 unspecified atom stereocenters. The minimum Gasteiger partial charge on any atom is -0.469 e. The van der Waals surface area contributed by atoms with Gasteiger partial charge in [-0.05, 0) is 37.1 Å². The zero-order chi connectivity index (χ0) is 14.8. The summed E-state index contributed by atoms with van der Waals surface area (Å²) in [6.07, 6.45) is 1.00. The molecule has 5 nitrogen and oxygen atoms in total. The van der Waals surface area contributed by atoms with Gasteiger partial charge in [-0.3, -0.25) is 4.79 Å². The van der Waals surface area contributed by atoms with E-state index in [1.54, 1.807) is 24.3 Å². The summed E-state index contributed by atoms with van der Waals surface area (Å²) in [5, 5.41) is 0. The second-order valence-electron chi connectivity index (χ2n) is 4.66. The normalized spacial score (nSPS) is 17.9. The lowest BCUT2D eigenvalue weighted by Gasteiger charge is -2.29. The quantitative estimate of drug-likeness (QED) is 0.772. The second kappa shape index (κ2) is 6.24. The highest BCUT2D eigenvalue weighted by Gasteiger charge is 2.32. The van der Waals surface area contributed by atoms with Gasteiger partial charge in [0.05, 0.1) is 17.9 Å². The standard InChI is InChI=1S/C13H16BrNO4S/c1-19-13(16)10-6-8-15(9-7-10)20(17,18)12-4-2-11(14)3-5-12/h2-5,10H,6-9H2,1H3. The molecule has 0 aromatic heterocycles. The molecule has 20 heavy (non-hydrogen) atoms. The average molecular weight is 362 g/mol. The molecular formula is C13H16BrNO4S. The van der Waals surface area contributed by atoms with Gasteiger partial charge in [-0.2, -0.15) is 4.31 Å². The molecule has 0 spiro atoms. The molecule has 0 atom stereocenters. The number of ether oxygens (including phenoxy) is 1. The molecule has 1 heterocycles. The Morgan fingerprint density at radius 2 is 1.80 bits per heavy atom. The van der Waals surface area contributed by atoms with Crippen molar-refractivity contribution in [2.45, 2.75) is 17.7 Å². The molecule has 1 saturated heterocycles. The van der Waals surface area contributed by atoms with E-state index >= 15 is 0 Å². The molecule has 7 heteroatoms. The Morgan fingerprint density at radius 3 is 2.30 bits per heavy atom. The van der Waals surface area contributed by atoms with Crippen molar-refractivity contribution in [1.29, 1.82) is 0 Å². The summed E-state index contributed by atoms with van der Waals surface area (Å²) in [7, 11) is -2.12. The largest absolute Gasteiger partial charge is 0.469 e. The molecule has 2 rings (SSSR count). The summed E-state index contributed by atoms with van der Waals surface area (Å²) >= 11 is 3.28. The molecule has 1 aromatic rings. The van der Waals surface area contributed by atoms with Crippen LogP contribution in [0, 0.1) is 5.92 Å². The van der Waals surface area contributed by atoms with Crippen LogP contribution in [-0.4, -0.2) is 38.9 Å². The Balaban J connectivity index is 2.09. The van der Waals surface area contributed by atoms with E-state index in [2.05, 4.69) is 15.9 Å². The third kappa shape index (κ3) is 3.21. The third-order valence-electron chi connectivity index (χ3n) is 3.44. The van der Waals surface area contributed by atoms with Crippen LogP contribution >= 0.6 is 15.9 Å². The smallest absolute Gasteiger partial charge is 0.308 e. The van der Waals surface area contributed by atoms with Crippen molar-refractivity contribution < 1.29 is 17.9 Å². The van der Waals surface area contributed by atoms with Crippen molar-refractivity contribution >= 4 is 31.9 Å². The topological polar surface area (TPSA) is 63.7 Å². The number of carbonyl (C=O) groups excluding carboxylic acids is 1. The lowest BCUT2D eigenvalue weighted by Crippen LogP contribution is -2.40. The Kier molecular flexibility index (Phi) is 4.82. The number of piperidine rings is 1. The minimum atomic E-state index is -3.47. The fourth-order valence-corrected chi connectivity index (χ4v) is 3.99. The van der Waals surface area contributed by atoms with Crippen molar-refractivity contribution in [1.82, 2.24) is 4.31 Å². The molecule has 110 valence electrons. The number of sulfonamides is 1. The number of hydrogen-bond acceptors (Lipinski definition) is 4. The lowest BCUT2D eigenvalue weighted by molar-refractivity contribution is -0.146. The van der Waals surface area contributed by atoms with E-state index in [0.29, 0.717) is 25.9 Å². The van der Waals surface area contributed by atoms with E-state index in [1.807, 2.05) is 0 Å². The summed E-state index contributed by atoms with van der Waals surface area (Å²) in [5.74, 6) is -0.456. The van der Waals surface area contributed by atoms with Crippen LogP contribution in [0.1, 0.15) is 12.8 Å². The zero-order valence-electron chi connectivity index (χ0n) is 11.1. The number of halogens is 1. The fraction of sp³-hybridized carbons (Fsp3) is 0.462. The van der Waals surface area contributed by atoms with Gasteiger partial charge in [-0.15, -0.1) is 0 Å². The summed E-state index contributed by atoms with van der Waals surface area (Å²) in [4.78, 5) is 11.7. The van der Waals surface area contributed by atoms with Crippen LogP contribution in [0.2, 0.25) is 0 Å². The molecule has 0 saturated carbocycles. The summed E-state index contributed by atoms with van der Waals surface area (Å²) in [6.45, 7) is 0.691. The molecule has 0 bridgehead atoms. The molecule has 1 fully saturated rings. The van der Waals surface area contributed by atoms with E-state index in [-0.39, 0.29) is 16.8 Å². The maximum Gasteiger partial charge on any atom is 0.308 e. The number of nitrogens with zero attached hydrogens (tertiary/aromatic N) is 1. The summed E-state index contributed by atoms with van der Waals surface area (Å²) < 4.78 is 31.8. The Bertz CT molecular complexity index is 577. The number of carbonyl (C=O) groups is 1. The van der Waals surface area contributed by atoms with Crippen molar-refractivity contribution in [3.05, 3.63) is 28.7 Å². The summed E-state index contributed by atoms with van der Waals surface area (Å²) in [5.41, 5.74) is 0. The Labute approximate surface area is 127 Å². The monoisotopic (exact) mass is 361 g/mol. The van der Waals surface area contributed by atoms with Crippen LogP contribution in [0.3, 0.4) is 0 Å². The molecule has 1 aliphatic heterocycles. The fourth-order valence-electron chi connectivity index (χ4n) is 2.25. The van der Waals surface area contributed by atoms with Gasteiger partial charge < -0.3 is 4.74 Å². The first-order valence-corrected chi connectivity index (χ1v) is 8.52. The first-order valence-electron chi connectivity index (χ1n) is 6.28. The van der Waals surface area contributed by atoms with Crippen LogP contribution in [-0.2, 0) is 19.6 Å². The van der Waals surface area contributed by atoms with Crippen LogP contribution < -0.4 is 0 Å². The molecule has 0 aliphatic carbocycles. The first kappa shape index (κ1) is 15.5. The lowest BCUT2D eigenvalue weighted by atomic mass is 9.99. The predicted octanol–water partition coefficient (Wildman–Crippen LogP) is 2.02. The molecule has 0 radical (unpaired) electrons. The van der Waals surface area contributed by atoms with E-state index in [4.69, 9.17) is 4.74 Å². The Morgan fingerprint density at radius 1 is 1.25 bits per heavy atom.